The van der Waals surface area contributed by atoms with Crippen LogP contribution in [0.3, 0.4) is 0 Å². The summed E-state index contributed by atoms with van der Waals surface area (Å²) in [5, 5.41) is 4.54. The molecule has 0 spiro atoms. The molecule has 3 nitrogen and oxygen atoms in total. The number of allylic oxidation sites excluding steroid dienone is 4. The SMILES string of the molecule is CC1CC=CC=C1c1ccc(N(c2ccc(-c3cccc(-n4c5ccc#cc5c5ccccc54)c3)cc2)c2ccc(-c3cccc4c3oc3ccccc34)cc2)cc1. The summed E-state index contributed by atoms with van der Waals surface area (Å²) in [6.07, 6.45) is 7.76. The predicted octanol–water partition coefficient (Wildman–Crippen LogP) is 15.1. The number of hydrogen-bond acceptors (Lipinski definition) is 2. The van der Waals surface area contributed by atoms with E-state index < -0.39 is 0 Å². The highest BCUT2D eigenvalue weighted by molar-refractivity contribution is 6.10. The molecule has 2 aromatic heterocycles. The Balaban J connectivity index is 0.973. The minimum atomic E-state index is 0.494. The van der Waals surface area contributed by atoms with Gasteiger partial charge in [-0.25, -0.2) is 0 Å². The van der Waals surface area contributed by atoms with E-state index in [1.807, 2.05) is 18.2 Å². The van der Waals surface area contributed by atoms with Gasteiger partial charge in [-0.3, -0.25) is 0 Å². The zero-order valence-corrected chi connectivity index (χ0v) is 32.1. The lowest BCUT2D eigenvalue weighted by Gasteiger charge is -2.26. The molecule has 0 N–H and O–H groups in total. The van der Waals surface area contributed by atoms with Crippen LogP contribution in [-0.2, 0) is 0 Å². The van der Waals surface area contributed by atoms with Crippen LogP contribution >= 0.6 is 0 Å². The van der Waals surface area contributed by atoms with Crippen molar-refractivity contribution in [1.82, 2.24) is 4.57 Å². The molecular formula is C55H38N2O. The molecule has 1 unspecified atom stereocenters. The molecule has 8 aromatic carbocycles. The summed E-state index contributed by atoms with van der Waals surface area (Å²) in [4.78, 5) is 2.35. The summed E-state index contributed by atoms with van der Waals surface area (Å²) in [6, 6.07) is 69.5. The molecule has 58 heavy (non-hydrogen) atoms. The van der Waals surface area contributed by atoms with Crippen molar-refractivity contribution in [2.24, 2.45) is 5.92 Å². The maximum Gasteiger partial charge on any atom is 0.143 e. The standard InChI is InChI=1S/C55H38N2O/c1-37-12-2-3-15-46(37)39-26-32-43(33-27-39)56(44-34-28-40(29-35-44)47-19-11-20-51-50-18-6-9-23-54(50)58-55(47)51)42-30-24-38(25-31-42)41-13-10-14-45(36-41)57-52-21-7-4-16-48(52)49-17-5-8-22-53(49)57/h2-4,6-11,13-16,18-37H,12H2,1H3. The normalized spacial score (nSPS) is 13.9. The summed E-state index contributed by atoms with van der Waals surface area (Å²) < 4.78 is 8.74. The monoisotopic (exact) mass is 742 g/mol. The van der Waals surface area contributed by atoms with E-state index in [1.165, 1.54) is 16.5 Å². The van der Waals surface area contributed by atoms with Crippen molar-refractivity contribution in [3.63, 3.8) is 0 Å². The lowest BCUT2D eigenvalue weighted by Crippen LogP contribution is -2.10. The molecule has 0 fully saturated rings. The fourth-order valence-electron chi connectivity index (χ4n) is 8.83. The van der Waals surface area contributed by atoms with E-state index in [2.05, 4.69) is 204 Å². The Morgan fingerprint density at radius 3 is 2.03 bits per heavy atom. The van der Waals surface area contributed by atoms with Crippen LogP contribution in [0.5, 0.6) is 0 Å². The molecule has 274 valence electrons. The number of fused-ring (bicyclic) bond motifs is 6. The van der Waals surface area contributed by atoms with Crippen LogP contribution in [0.1, 0.15) is 18.9 Å². The number of nitrogens with zero attached hydrogens (tertiary/aromatic N) is 2. The largest absolute Gasteiger partial charge is 0.455 e. The van der Waals surface area contributed by atoms with Crippen LogP contribution in [0.25, 0.3) is 77.3 Å². The molecule has 0 amide bonds. The molecule has 10 aromatic rings. The molecule has 1 aliphatic carbocycles. The van der Waals surface area contributed by atoms with Crippen molar-refractivity contribution in [2.45, 2.75) is 13.3 Å². The Kier molecular flexibility index (Phi) is 8.08. The highest BCUT2D eigenvalue weighted by atomic mass is 16.3. The smallest absolute Gasteiger partial charge is 0.143 e. The molecule has 2 heterocycles. The quantitative estimate of drug-likeness (QED) is 0.162. The zero-order chi connectivity index (χ0) is 38.6. The summed E-state index contributed by atoms with van der Waals surface area (Å²) in [6.45, 7) is 2.31. The van der Waals surface area contributed by atoms with Crippen LogP contribution in [0.2, 0.25) is 0 Å². The van der Waals surface area contributed by atoms with Gasteiger partial charge in [-0.2, -0.15) is 0 Å². The Morgan fingerprint density at radius 1 is 0.586 bits per heavy atom. The van der Waals surface area contributed by atoms with Crippen molar-refractivity contribution >= 4 is 66.4 Å². The van der Waals surface area contributed by atoms with E-state index in [0.717, 1.165) is 89.8 Å². The highest BCUT2D eigenvalue weighted by Gasteiger charge is 2.18. The van der Waals surface area contributed by atoms with E-state index in [4.69, 9.17) is 4.42 Å². The summed E-state index contributed by atoms with van der Waals surface area (Å²) in [7, 11) is 0. The van der Waals surface area contributed by atoms with E-state index >= 15 is 0 Å². The summed E-state index contributed by atoms with van der Waals surface area (Å²) >= 11 is 0. The fourth-order valence-corrected chi connectivity index (χ4v) is 8.83. The third-order valence-electron chi connectivity index (χ3n) is 11.7. The first-order chi connectivity index (χ1) is 28.7. The van der Waals surface area contributed by atoms with Crippen LogP contribution in [-0.4, -0.2) is 4.57 Å². The van der Waals surface area contributed by atoms with E-state index in [9.17, 15) is 0 Å². The molecule has 1 atom stereocenters. The number of anilines is 3. The van der Waals surface area contributed by atoms with Gasteiger partial charge in [0.2, 0.25) is 0 Å². The van der Waals surface area contributed by atoms with Gasteiger partial charge in [0.25, 0.3) is 0 Å². The Hall–Kier alpha value is -7.54. The molecular weight excluding hydrogens is 705 g/mol. The Bertz CT molecular complexity index is 3140. The second-order valence-corrected chi connectivity index (χ2v) is 15.2. The fraction of sp³-hybridized carbons (Fsp3) is 0.0545. The van der Waals surface area contributed by atoms with Crippen LogP contribution < -0.4 is 4.90 Å². The predicted molar refractivity (Wildman–Crippen MR) is 242 cm³/mol. The van der Waals surface area contributed by atoms with Crippen LogP contribution in [0.15, 0.2) is 199 Å². The highest BCUT2D eigenvalue weighted by Crippen LogP contribution is 2.41. The number of rotatable bonds is 7. The second-order valence-electron chi connectivity index (χ2n) is 15.2. The molecule has 0 radical (unpaired) electrons. The van der Waals surface area contributed by atoms with Gasteiger partial charge in [0.15, 0.2) is 0 Å². The third kappa shape index (κ3) is 5.69. The lowest BCUT2D eigenvalue weighted by atomic mass is 9.88. The van der Waals surface area contributed by atoms with Gasteiger partial charge >= 0.3 is 0 Å². The summed E-state index contributed by atoms with van der Waals surface area (Å²) in [5.74, 6) is 0.494. The molecule has 11 rings (SSSR count). The van der Waals surface area contributed by atoms with E-state index in [0.29, 0.717) is 5.92 Å². The van der Waals surface area contributed by atoms with Gasteiger partial charge in [0.1, 0.15) is 11.2 Å². The molecule has 0 bridgehead atoms. The van der Waals surface area contributed by atoms with Gasteiger partial charge in [-0.1, -0.05) is 140 Å². The van der Waals surface area contributed by atoms with Crippen molar-refractivity contribution in [2.75, 3.05) is 4.90 Å². The zero-order valence-electron chi connectivity index (χ0n) is 32.1. The number of furan rings is 1. The first-order valence-electron chi connectivity index (χ1n) is 20.0. The van der Waals surface area contributed by atoms with Gasteiger partial charge in [0, 0.05) is 44.5 Å². The Morgan fingerprint density at radius 2 is 1.26 bits per heavy atom. The van der Waals surface area contributed by atoms with Crippen molar-refractivity contribution < 1.29 is 4.42 Å². The van der Waals surface area contributed by atoms with Crippen molar-refractivity contribution in [1.29, 1.82) is 0 Å². The third-order valence-corrected chi connectivity index (χ3v) is 11.7. The van der Waals surface area contributed by atoms with Gasteiger partial charge in [-0.15, -0.1) is 0 Å². The van der Waals surface area contributed by atoms with E-state index in [-0.39, 0.29) is 0 Å². The number of benzene rings is 7. The minimum absolute atomic E-state index is 0.494. The molecule has 3 heteroatoms. The number of para-hydroxylation sites is 3. The number of aromatic nitrogens is 1. The van der Waals surface area contributed by atoms with E-state index in [1.54, 1.807) is 0 Å². The van der Waals surface area contributed by atoms with Gasteiger partial charge < -0.3 is 13.9 Å². The van der Waals surface area contributed by atoms with Crippen LogP contribution in [0.4, 0.5) is 17.1 Å². The molecule has 0 saturated heterocycles. The van der Waals surface area contributed by atoms with Crippen molar-refractivity contribution in [3.8, 4) is 27.9 Å². The lowest BCUT2D eigenvalue weighted by molar-refractivity contribution is 0.670. The average Bonchev–Trinajstić information content (AvgIpc) is 3.84. The molecule has 0 aliphatic heterocycles. The Labute approximate surface area is 338 Å². The minimum Gasteiger partial charge on any atom is -0.455 e. The molecule has 0 saturated carbocycles. The number of hydrogen-bond donors (Lipinski definition) is 0. The van der Waals surface area contributed by atoms with Crippen LogP contribution in [0, 0.1) is 18.1 Å². The first-order valence-corrected chi connectivity index (χ1v) is 20.0. The van der Waals surface area contributed by atoms with Gasteiger partial charge in [0.05, 0.1) is 16.4 Å². The van der Waals surface area contributed by atoms with Crippen molar-refractivity contribution in [3.05, 3.63) is 212 Å². The molecule has 1 aliphatic rings. The summed E-state index contributed by atoms with van der Waals surface area (Å²) in [5.41, 5.74) is 15.7. The average molecular weight is 743 g/mol. The second kappa shape index (κ2) is 13.9. The maximum atomic E-state index is 6.41. The first kappa shape index (κ1) is 33.8. The van der Waals surface area contributed by atoms with Gasteiger partial charge in [-0.05, 0) is 113 Å². The maximum absolute atomic E-state index is 6.41. The topological polar surface area (TPSA) is 21.3 Å².